The van der Waals surface area contributed by atoms with E-state index in [1.165, 1.54) is 36.6 Å². The second-order valence-corrected chi connectivity index (χ2v) is 6.87. The molecular weight excluding hydrogens is 367 g/mol. The van der Waals surface area contributed by atoms with Crippen molar-refractivity contribution >= 4 is 22.4 Å². The van der Waals surface area contributed by atoms with Gasteiger partial charge in [-0.25, -0.2) is 0 Å². The summed E-state index contributed by atoms with van der Waals surface area (Å²) in [5, 5.41) is 2.46. The van der Waals surface area contributed by atoms with Crippen LogP contribution in [0.2, 0.25) is 0 Å². The summed E-state index contributed by atoms with van der Waals surface area (Å²) >= 11 is 0. The lowest BCUT2D eigenvalue weighted by molar-refractivity contribution is -0.137. The molecule has 2 aromatic carbocycles. The van der Waals surface area contributed by atoms with Crippen molar-refractivity contribution in [3.05, 3.63) is 53.6 Å². The molecule has 0 spiro atoms. The van der Waals surface area contributed by atoms with E-state index in [-0.39, 0.29) is 17.0 Å². The molecule has 0 heterocycles. The number of carbonyl (C=O) groups excluding carboxylic acids is 1. The highest BCUT2D eigenvalue weighted by Crippen LogP contribution is 2.35. The number of carbonyl (C=O) groups is 1. The van der Waals surface area contributed by atoms with E-state index in [1.807, 2.05) is 6.92 Å². The van der Waals surface area contributed by atoms with Gasteiger partial charge in [-0.05, 0) is 48.9 Å². The Hall–Kier alpha value is -2.35. The first-order valence-electron chi connectivity index (χ1n) is 7.81. The van der Waals surface area contributed by atoms with E-state index in [0.29, 0.717) is 17.9 Å². The Labute approximate surface area is 151 Å². The molecule has 0 aliphatic carbocycles. The number of ether oxygens (including phenoxy) is 1. The van der Waals surface area contributed by atoms with Crippen LogP contribution in [0.25, 0.3) is 0 Å². The fourth-order valence-corrected chi connectivity index (χ4v) is 2.65. The number of benzene rings is 2. The molecule has 0 saturated heterocycles. The molecular formula is C18H18F3NO3S. The summed E-state index contributed by atoms with van der Waals surface area (Å²) in [4.78, 5) is 12.9. The number of nitrogens with one attached hydrogen (secondary N) is 1. The summed E-state index contributed by atoms with van der Waals surface area (Å²) in [6.45, 7) is 2.17. The predicted molar refractivity (Wildman–Crippen MR) is 94.0 cm³/mol. The minimum atomic E-state index is -4.53. The summed E-state index contributed by atoms with van der Waals surface area (Å²) in [5.74, 6) is -0.418. The van der Waals surface area contributed by atoms with Crippen LogP contribution in [0, 0.1) is 0 Å². The Balaban J connectivity index is 2.29. The fraction of sp³-hybridized carbons (Fsp3) is 0.278. The van der Waals surface area contributed by atoms with Crippen LogP contribution in [-0.4, -0.2) is 23.0 Å². The van der Waals surface area contributed by atoms with Crippen molar-refractivity contribution in [2.75, 3.05) is 18.2 Å². The van der Waals surface area contributed by atoms with Crippen LogP contribution in [0.1, 0.15) is 29.3 Å². The molecule has 2 aromatic rings. The first kappa shape index (κ1) is 20.0. The van der Waals surface area contributed by atoms with Crippen LogP contribution in [0.3, 0.4) is 0 Å². The first-order chi connectivity index (χ1) is 12.2. The molecule has 0 aliphatic rings. The molecule has 26 heavy (non-hydrogen) atoms. The maximum absolute atomic E-state index is 12.9. The van der Waals surface area contributed by atoms with E-state index in [9.17, 15) is 22.2 Å². The molecule has 2 rings (SSSR count). The third kappa shape index (κ3) is 5.08. The summed E-state index contributed by atoms with van der Waals surface area (Å²) in [7, 11) is -1.19. The van der Waals surface area contributed by atoms with Gasteiger partial charge in [0.05, 0.1) is 17.9 Å². The summed E-state index contributed by atoms with van der Waals surface area (Å²) < 4.78 is 55.6. The van der Waals surface area contributed by atoms with Gasteiger partial charge in [-0.15, -0.1) is 0 Å². The van der Waals surface area contributed by atoms with Crippen molar-refractivity contribution in [3.63, 3.8) is 0 Å². The Morgan fingerprint density at radius 1 is 1.15 bits per heavy atom. The van der Waals surface area contributed by atoms with Gasteiger partial charge in [-0.2, -0.15) is 13.2 Å². The SMILES string of the molecule is CCCOc1ccc(C(F)(F)F)cc1NC(=O)c1ccc(S(C)=O)cc1. The van der Waals surface area contributed by atoms with Crippen molar-refractivity contribution in [1.29, 1.82) is 0 Å². The third-order valence-electron chi connectivity index (χ3n) is 3.47. The topological polar surface area (TPSA) is 55.4 Å². The van der Waals surface area contributed by atoms with E-state index in [1.54, 1.807) is 0 Å². The summed E-state index contributed by atoms with van der Waals surface area (Å²) in [6.07, 6.45) is -2.35. The Morgan fingerprint density at radius 2 is 1.81 bits per heavy atom. The number of anilines is 1. The molecule has 1 amide bonds. The highest BCUT2D eigenvalue weighted by atomic mass is 32.2. The van der Waals surface area contributed by atoms with E-state index >= 15 is 0 Å². The molecule has 1 unspecified atom stereocenters. The fourth-order valence-electron chi connectivity index (χ4n) is 2.13. The normalized spacial score (nSPS) is 12.5. The van der Waals surface area contributed by atoms with Crippen molar-refractivity contribution in [3.8, 4) is 5.75 Å². The quantitative estimate of drug-likeness (QED) is 0.797. The first-order valence-corrected chi connectivity index (χ1v) is 9.37. The maximum Gasteiger partial charge on any atom is 0.416 e. The molecule has 0 aromatic heterocycles. The lowest BCUT2D eigenvalue weighted by Gasteiger charge is -2.15. The monoisotopic (exact) mass is 385 g/mol. The van der Waals surface area contributed by atoms with Gasteiger partial charge in [0.1, 0.15) is 5.75 Å². The van der Waals surface area contributed by atoms with Crippen LogP contribution in [0.15, 0.2) is 47.4 Å². The number of rotatable bonds is 6. The number of alkyl halides is 3. The average molecular weight is 385 g/mol. The largest absolute Gasteiger partial charge is 0.491 e. The molecule has 4 nitrogen and oxygen atoms in total. The van der Waals surface area contributed by atoms with Gasteiger partial charge in [0, 0.05) is 27.5 Å². The van der Waals surface area contributed by atoms with Crippen LogP contribution in [0.5, 0.6) is 5.75 Å². The van der Waals surface area contributed by atoms with Crippen molar-refractivity contribution in [2.45, 2.75) is 24.4 Å². The number of hydrogen-bond donors (Lipinski definition) is 1. The number of halogens is 3. The number of amides is 1. The van der Waals surface area contributed by atoms with Crippen LogP contribution in [-0.2, 0) is 17.0 Å². The highest BCUT2D eigenvalue weighted by Gasteiger charge is 2.31. The minimum absolute atomic E-state index is 0.0542. The molecule has 140 valence electrons. The van der Waals surface area contributed by atoms with Gasteiger partial charge in [0.25, 0.3) is 5.91 Å². The van der Waals surface area contributed by atoms with Gasteiger partial charge in [-0.1, -0.05) is 6.92 Å². The molecule has 0 bridgehead atoms. The Bertz CT molecular complexity index is 804. The van der Waals surface area contributed by atoms with Crippen molar-refractivity contribution in [2.24, 2.45) is 0 Å². The van der Waals surface area contributed by atoms with Crippen LogP contribution >= 0.6 is 0 Å². The predicted octanol–water partition coefficient (Wildman–Crippen LogP) is 4.48. The lowest BCUT2D eigenvalue weighted by Crippen LogP contribution is -2.14. The van der Waals surface area contributed by atoms with Gasteiger partial charge in [-0.3, -0.25) is 9.00 Å². The standard InChI is InChI=1S/C18H18F3NO3S/c1-3-10-25-16-9-6-13(18(19,20)21)11-15(16)22-17(23)12-4-7-14(8-5-12)26(2)24/h4-9,11H,3,10H2,1-2H3,(H,22,23). The van der Waals surface area contributed by atoms with E-state index < -0.39 is 28.4 Å². The van der Waals surface area contributed by atoms with Gasteiger partial charge < -0.3 is 10.1 Å². The summed E-state index contributed by atoms with van der Waals surface area (Å²) in [6, 6.07) is 8.94. The maximum atomic E-state index is 12.9. The van der Waals surface area contributed by atoms with Gasteiger partial charge >= 0.3 is 6.18 Å². The number of hydrogen-bond acceptors (Lipinski definition) is 3. The van der Waals surface area contributed by atoms with Crippen molar-refractivity contribution in [1.82, 2.24) is 0 Å². The van der Waals surface area contributed by atoms with Crippen molar-refractivity contribution < 1.29 is 26.9 Å². The van der Waals surface area contributed by atoms with E-state index in [2.05, 4.69) is 5.32 Å². The van der Waals surface area contributed by atoms with Gasteiger partial charge in [0.2, 0.25) is 0 Å². The highest BCUT2D eigenvalue weighted by molar-refractivity contribution is 7.84. The van der Waals surface area contributed by atoms with Gasteiger partial charge in [0.15, 0.2) is 0 Å². The Morgan fingerprint density at radius 3 is 2.35 bits per heavy atom. The second kappa shape index (κ2) is 8.35. The third-order valence-corrected chi connectivity index (χ3v) is 4.40. The molecule has 1 atom stereocenters. The second-order valence-electron chi connectivity index (χ2n) is 5.49. The van der Waals surface area contributed by atoms with Crippen LogP contribution in [0.4, 0.5) is 18.9 Å². The molecule has 0 saturated carbocycles. The van der Waals surface area contributed by atoms with E-state index in [0.717, 1.165) is 12.1 Å². The zero-order valence-electron chi connectivity index (χ0n) is 14.2. The van der Waals surface area contributed by atoms with E-state index in [4.69, 9.17) is 4.74 Å². The zero-order valence-corrected chi connectivity index (χ0v) is 15.0. The minimum Gasteiger partial charge on any atom is -0.491 e. The molecule has 0 aliphatic heterocycles. The molecule has 0 radical (unpaired) electrons. The molecule has 0 fully saturated rings. The Kier molecular flexibility index (Phi) is 6.42. The zero-order chi connectivity index (χ0) is 19.3. The smallest absolute Gasteiger partial charge is 0.416 e. The lowest BCUT2D eigenvalue weighted by atomic mass is 10.1. The average Bonchev–Trinajstić information content (AvgIpc) is 2.59. The molecule has 1 N–H and O–H groups in total. The molecule has 8 heteroatoms. The van der Waals surface area contributed by atoms with Crippen LogP contribution < -0.4 is 10.1 Å². The summed E-state index contributed by atoms with van der Waals surface area (Å²) in [5.41, 5.74) is -0.701.